The molecule has 2 heterocycles. The fourth-order valence-corrected chi connectivity index (χ4v) is 3.25. The van der Waals surface area contributed by atoms with Gasteiger partial charge in [-0.1, -0.05) is 39.0 Å². The third-order valence-corrected chi connectivity index (χ3v) is 3.95. The molecule has 2 nitrogen and oxygen atoms in total. The average Bonchev–Trinajstić information content (AvgIpc) is 3.02. The molecule has 2 unspecified atom stereocenters. The molecule has 1 aromatic carbocycles. The Bertz CT molecular complexity index is 349. The molecule has 1 aromatic rings. The first-order chi connectivity index (χ1) is 8.88. The van der Waals surface area contributed by atoms with E-state index in [1.54, 1.807) is 0 Å². The van der Waals surface area contributed by atoms with Gasteiger partial charge in [0.2, 0.25) is 0 Å². The lowest BCUT2D eigenvalue weighted by Crippen LogP contribution is -2.46. The molecule has 0 N–H and O–H groups in total. The Morgan fingerprint density at radius 1 is 1.06 bits per heavy atom. The van der Waals surface area contributed by atoms with Crippen molar-refractivity contribution in [2.24, 2.45) is 0 Å². The van der Waals surface area contributed by atoms with Crippen LogP contribution in [0.1, 0.15) is 33.6 Å². The lowest BCUT2D eigenvalue weighted by atomic mass is 10.2. The van der Waals surface area contributed by atoms with E-state index in [0.29, 0.717) is 0 Å². The topological polar surface area (TPSA) is 6.48 Å². The molecule has 3 rings (SSSR count). The lowest BCUT2D eigenvalue weighted by molar-refractivity contribution is 0.239. The number of nitrogens with zero attached hydrogens (tertiary/aromatic N) is 2. The van der Waals surface area contributed by atoms with Gasteiger partial charge in [0.1, 0.15) is 0 Å². The first-order valence-electron chi connectivity index (χ1n) is 7.44. The summed E-state index contributed by atoms with van der Waals surface area (Å²) in [5, 5.41) is 0. The highest BCUT2D eigenvalue weighted by atomic mass is 15.3. The fraction of sp³-hybridized carbons (Fsp3) is 0.625. The van der Waals surface area contributed by atoms with Gasteiger partial charge in [-0.25, -0.2) is 0 Å². The Balaban J connectivity index is 0.000000574. The highest BCUT2D eigenvalue weighted by molar-refractivity contribution is 5.49. The quantitative estimate of drug-likeness (QED) is 0.806. The van der Waals surface area contributed by atoms with E-state index >= 15 is 0 Å². The van der Waals surface area contributed by atoms with Crippen LogP contribution in [0.3, 0.4) is 0 Å². The molecule has 2 fully saturated rings. The van der Waals surface area contributed by atoms with E-state index in [0.717, 1.165) is 12.1 Å². The second-order valence-corrected chi connectivity index (χ2v) is 5.03. The molecule has 0 spiro atoms. The zero-order valence-corrected chi connectivity index (χ0v) is 12.0. The molecule has 0 radical (unpaired) electrons. The van der Waals surface area contributed by atoms with Crippen LogP contribution < -0.4 is 4.90 Å². The number of benzene rings is 1. The van der Waals surface area contributed by atoms with Crippen molar-refractivity contribution in [1.82, 2.24) is 4.90 Å². The van der Waals surface area contributed by atoms with Crippen LogP contribution in [0.15, 0.2) is 30.3 Å². The summed E-state index contributed by atoms with van der Waals surface area (Å²) in [6, 6.07) is 12.4. The van der Waals surface area contributed by atoms with E-state index < -0.39 is 0 Å². The molecule has 0 aromatic heterocycles. The van der Waals surface area contributed by atoms with Crippen LogP contribution in [0.2, 0.25) is 0 Å². The highest BCUT2D eigenvalue weighted by Gasteiger charge is 2.42. The molecule has 2 bridgehead atoms. The predicted molar refractivity (Wildman–Crippen MR) is 79.2 cm³/mol. The summed E-state index contributed by atoms with van der Waals surface area (Å²) < 4.78 is 0. The molecule has 2 aliphatic rings. The molecule has 2 saturated heterocycles. The number of para-hydroxylation sites is 1. The summed E-state index contributed by atoms with van der Waals surface area (Å²) in [6.45, 7) is 10.1. The van der Waals surface area contributed by atoms with Gasteiger partial charge in [0.25, 0.3) is 0 Å². The van der Waals surface area contributed by atoms with Gasteiger partial charge >= 0.3 is 0 Å². The number of hydrogen-bond donors (Lipinski definition) is 0. The number of piperazine rings is 1. The van der Waals surface area contributed by atoms with Gasteiger partial charge < -0.3 is 4.90 Å². The van der Waals surface area contributed by atoms with E-state index in [-0.39, 0.29) is 0 Å². The van der Waals surface area contributed by atoms with Crippen molar-refractivity contribution in [3.8, 4) is 0 Å². The van der Waals surface area contributed by atoms with Crippen molar-refractivity contribution in [2.45, 2.75) is 45.7 Å². The maximum atomic E-state index is 2.67. The molecule has 0 aliphatic carbocycles. The molecule has 18 heavy (non-hydrogen) atoms. The first kappa shape index (κ1) is 13.4. The summed E-state index contributed by atoms with van der Waals surface area (Å²) in [7, 11) is 0. The summed E-state index contributed by atoms with van der Waals surface area (Å²) in [6.07, 6.45) is 2.66. The summed E-state index contributed by atoms with van der Waals surface area (Å²) in [5.74, 6) is 0. The predicted octanol–water partition coefficient (Wildman–Crippen LogP) is 3.39. The largest absolute Gasteiger partial charge is 0.366 e. The van der Waals surface area contributed by atoms with Gasteiger partial charge in [0, 0.05) is 30.9 Å². The van der Waals surface area contributed by atoms with Gasteiger partial charge in [-0.3, -0.25) is 4.90 Å². The molecule has 100 valence electrons. The minimum atomic E-state index is 0.763. The van der Waals surface area contributed by atoms with Crippen molar-refractivity contribution in [3.05, 3.63) is 30.3 Å². The van der Waals surface area contributed by atoms with Crippen molar-refractivity contribution < 1.29 is 0 Å². The third kappa shape index (κ3) is 2.54. The van der Waals surface area contributed by atoms with Gasteiger partial charge in [0.15, 0.2) is 0 Å². The molecule has 2 heteroatoms. The Labute approximate surface area is 112 Å². The molecular weight excluding hydrogens is 220 g/mol. The molecule has 2 aliphatic heterocycles. The van der Waals surface area contributed by atoms with Gasteiger partial charge in [-0.05, 0) is 31.5 Å². The van der Waals surface area contributed by atoms with Crippen LogP contribution in [-0.2, 0) is 0 Å². The number of fused-ring (bicyclic) bond motifs is 2. The van der Waals surface area contributed by atoms with Gasteiger partial charge in [-0.2, -0.15) is 0 Å². The zero-order chi connectivity index (χ0) is 13.0. The second-order valence-electron chi connectivity index (χ2n) is 5.03. The van der Waals surface area contributed by atoms with Crippen LogP contribution in [0, 0.1) is 0 Å². The number of likely N-dealkylation sites (tertiary alicyclic amines) is 1. The van der Waals surface area contributed by atoms with Crippen molar-refractivity contribution in [2.75, 3.05) is 24.5 Å². The lowest BCUT2D eigenvalue weighted by Gasteiger charge is -2.35. The second kappa shape index (κ2) is 6.24. The standard InChI is InChI=1S/C14H20N2.C2H6/c1-2-8-15-10-14-9-13(15)11-16(14)12-6-4-3-5-7-12;1-2/h3-7,13-14H,2,8-11H2,1H3;1-2H3. The Morgan fingerprint density at radius 3 is 2.33 bits per heavy atom. The highest BCUT2D eigenvalue weighted by Crippen LogP contribution is 2.34. The van der Waals surface area contributed by atoms with Crippen LogP contribution in [0.4, 0.5) is 5.69 Å². The normalized spacial score (nSPS) is 26.1. The summed E-state index contributed by atoms with van der Waals surface area (Å²) >= 11 is 0. The van der Waals surface area contributed by atoms with E-state index in [1.165, 1.54) is 38.2 Å². The van der Waals surface area contributed by atoms with E-state index in [9.17, 15) is 0 Å². The number of hydrogen-bond acceptors (Lipinski definition) is 2. The zero-order valence-electron chi connectivity index (χ0n) is 12.0. The van der Waals surface area contributed by atoms with Crippen LogP contribution in [-0.4, -0.2) is 36.6 Å². The maximum absolute atomic E-state index is 2.67. The molecule has 2 atom stereocenters. The molecule has 0 amide bonds. The van der Waals surface area contributed by atoms with E-state index in [1.807, 2.05) is 13.8 Å². The van der Waals surface area contributed by atoms with E-state index in [4.69, 9.17) is 0 Å². The first-order valence-corrected chi connectivity index (χ1v) is 7.44. The minimum absolute atomic E-state index is 0.763. The van der Waals surface area contributed by atoms with Crippen LogP contribution >= 0.6 is 0 Å². The Hall–Kier alpha value is -1.02. The molecular formula is C16H26N2. The third-order valence-electron chi connectivity index (χ3n) is 3.95. The van der Waals surface area contributed by atoms with Crippen LogP contribution in [0.25, 0.3) is 0 Å². The Kier molecular flexibility index (Phi) is 4.65. The maximum Gasteiger partial charge on any atom is 0.0433 e. The van der Waals surface area contributed by atoms with Crippen LogP contribution in [0.5, 0.6) is 0 Å². The fourth-order valence-electron chi connectivity index (χ4n) is 3.25. The smallest absolute Gasteiger partial charge is 0.0433 e. The monoisotopic (exact) mass is 246 g/mol. The summed E-state index contributed by atoms with van der Waals surface area (Å²) in [5.41, 5.74) is 1.41. The SMILES string of the molecule is CC.CCCN1CC2CC1CN2c1ccccc1. The van der Waals surface area contributed by atoms with Crippen molar-refractivity contribution in [1.29, 1.82) is 0 Å². The van der Waals surface area contributed by atoms with Gasteiger partial charge in [-0.15, -0.1) is 0 Å². The van der Waals surface area contributed by atoms with Gasteiger partial charge in [0.05, 0.1) is 0 Å². The average molecular weight is 246 g/mol. The minimum Gasteiger partial charge on any atom is -0.366 e. The molecule has 0 saturated carbocycles. The van der Waals surface area contributed by atoms with Crippen molar-refractivity contribution >= 4 is 5.69 Å². The van der Waals surface area contributed by atoms with Crippen molar-refractivity contribution in [3.63, 3.8) is 0 Å². The summed E-state index contributed by atoms with van der Waals surface area (Å²) in [4.78, 5) is 5.26. The number of rotatable bonds is 3. The van der Waals surface area contributed by atoms with E-state index in [2.05, 4.69) is 47.1 Å². The Morgan fingerprint density at radius 2 is 1.78 bits per heavy atom. The number of anilines is 1.